The van der Waals surface area contributed by atoms with Crippen LogP contribution in [0.2, 0.25) is 0 Å². The maximum atomic E-state index is 11.6. The van der Waals surface area contributed by atoms with Crippen LogP contribution in [0.15, 0.2) is 60.7 Å². The summed E-state index contributed by atoms with van der Waals surface area (Å²) in [6, 6.07) is 19.2. The normalized spacial score (nSPS) is 11.0. The van der Waals surface area contributed by atoms with Crippen LogP contribution < -0.4 is 0 Å². The Hall–Kier alpha value is -3.14. The predicted octanol–water partition coefficient (Wildman–Crippen LogP) is 4.05. The lowest BCUT2D eigenvalue weighted by Gasteiger charge is -2.03. The van der Waals surface area contributed by atoms with Gasteiger partial charge in [0.25, 0.3) is 0 Å². The molecular formula is C19H16N2O2. The standard InChI is InChI=1S/C19H16N2O2/c1-14-18(19(22)23)17(13-12-15-8-4-2-5-9-15)20-21(14)16-10-6-3-7-11-16/h2-13H,1H3,(H,22,23)/b13-12+. The molecule has 0 unspecified atom stereocenters. The van der Waals surface area contributed by atoms with E-state index in [4.69, 9.17) is 0 Å². The predicted molar refractivity (Wildman–Crippen MR) is 90.6 cm³/mol. The Morgan fingerprint density at radius 3 is 2.22 bits per heavy atom. The van der Waals surface area contributed by atoms with Crippen molar-refractivity contribution in [3.05, 3.63) is 83.2 Å². The molecule has 3 aromatic rings. The highest BCUT2D eigenvalue weighted by Gasteiger charge is 2.19. The summed E-state index contributed by atoms with van der Waals surface area (Å²) in [5, 5.41) is 14.0. The minimum absolute atomic E-state index is 0.223. The second-order valence-electron chi connectivity index (χ2n) is 5.14. The quantitative estimate of drug-likeness (QED) is 0.791. The third-order valence-electron chi connectivity index (χ3n) is 3.59. The molecule has 0 aliphatic heterocycles. The van der Waals surface area contributed by atoms with E-state index >= 15 is 0 Å². The molecule has 0 saturated heterocycles. The fourth-order valence-electron chi connectivity index (χ4n) is 2.46. The number of rotatable bonds is 4. The Morgan fingerprint density at radius 2 is 1.61 bits per heavy atom. The van der Waals surface area contributed by atoms with Crippen molar-refractivity contribution in [1.29, 1.82) is 0 Å². The van der Waals surface area contributed by atoms with Crippen molar-refractivity contribution in [2.24, 2.45) is 0 Å². The average Bonchev–Trinajstić information content (AvgIpc) is 2.91. The van der Waals surface area contributed by atoms with Crippen LogP contribution in [0.25, 0.3) is 17.8 Å². The van der Waals surface area contributed by atoms with Crippen LogP contribution in [0.1, 0.15) is 27.3 Å². The molecule has 1 heterocycles. The number of para-hydroxylation sites is 1. The number of aromatic nitrogens is 2. The molecule has 4 nitrogen and oxygen atoms in total. The molecule has 0 amide bonds. The number of benzene rings is 2. The molecule has 3 rings (SSSR count). The van der Waals surface area contributed by atoms with Gasteiger partial charge in [0.2, 0.25) is 0 Å². The van der Waals surface area contributed by atoms with Gasteiger partial charge in [-0.25, -0.2) is 9.48 Å². The summed E-state index contributed by atoms with van der Waals surface area (Å²) in [4.78, 5) is 11.6. The number of carboxylic acid groups (broad SMARTS) is 1. The minimum Gasteiger partial charge on any atom is -0.478 e. The fourth-order valence-corrected chi connectivity index (χ4v) is 2.46. The smallest absolute Gasteiger partial charge is 0.339 e. The molecule has 0 fully saturated rings. The van der Waals surface area contributed by atoms with Gasteiger partial charge in [-0.2, -0.15) is 5.10 Å². The topological polar surface area (TPSA) is 55.1 Å². The van der Waals surface area contributed by atoms with Gasteiger partial charge in [0.05, 0.1) is 11.4 Å². The van der Waals surface area contributed by atoms with Crippen molar-refractivity contribution < 1.29 is 9.90 Å². The summed E-state index contributed by atoms with van der Waals surface area (Å²) < 4.78 is 1.66. The van der Waals surface area contributed by atoms with Crippen LogP contribution in [0, 0.1) is 6.92 Å². The largest absolute Gasteiger partial charge is 0.478 e. The lowest BCUT2D eigenvalue weighted by Crippen LogP contribution is -2.02. The summed E-state index contributed by atoms with van der Waals surface area (Å²) in [5.41, 5.74) is 3.11. The van der Waals surface area contributed by atoms with E-state index in [1.807, 2.05) is 66.7 Å². The molecule has 0 aliphatic carbocycles. The van der Waals surface area contributed by atoms with Crippen LogP contribution in [0.5, 0.6) is 0 Å². The van der Waals surface area contributed by atoms with Gasteiger partial charge in [-0.1, -0.05) is 54.6 Å². The van der Waals surface area contributed by atoms with E-state index in [2.05, 4.69) is 5.10 Å². The highest BCUT2D eigenvalue weighted by molar-refractivity contribution is 5.94. The van der Waals surface area contributed by atoms with Crippen LogP contribution in [0.4, 0.5) is 0 Å². The number of aromatic carboxylic acids is 1. The molecule has 23 heavy (non-hydrogen) atoms. The van der Waals surface area contributed by atoms with Crippen molar-refractivity contribution in [1.82, 2.24) is 9.78 Å². The highest BCUT2D eigenvalue weighted by atomic mass is 16.4. The van der Waals surface area contributed by atoms with E-state index < -0.39 is 5.97 Å². The molecule has 0 spiro atoms. The summed E-state index contributed by atoms with van der Waals surface area (Å²) in [7, 11) is 0. The van der Waals surface area contributed by atoms with Gasteiger partial charge >= 0.3 is 5.97 Å². The van der Waals surface area contributed by atoms with E-state index in [1.54, 1.807) is 17.7 Å². The van der Waals surface area contributed by atoms with Crippen LogP contribution in [-0.2, 0) is 0 Å². The molecule has 0 saturated carbocycles. The zero-order chi connectivity index (χ0) is 16.2. The zero-order valence-corrected chi connectivity index (χ0v) is 12.7. The molecule has 1 aromatic heterocycles. The first-order valence-electron chi connectivity index (χ1n) is 7.28. The van der Waals surface area contributed by atoms with Crippen LogP contribution in [-0.4, -0.2) is 20.9 Å². The highest BCUT2D eigenvalue weighted by Crippen LogP contribution is 2.20. The molecular weight excluding hydrogens is 288 g/mol. The number of carbonyl (C=O) groups is 1. The van der Waals surface area contributed by atoms with Gasteiger partial charge in [-0.05, 0) is 30.7 Å². The summed E-state index contributed by atoms with van der Waals surface area (Å²) in [5.74, 6) is -0.975. The fraction of sp³-hybridized carbons (Fsp3) is 0.0526. The van der Waals surface area contributed by atoms with Crippen molar-refractivity contribution in [3.8, 4) is 5.69 Å². The van der Waals surface area contributed by atoms with Gasteiger partial charge in [0, 0.05) is 0 Å². The van der Waals surface area contributed by atoms with Gasteiger partial charge in [-0.15, -0.1) is 0 Å². The molecule has 0 radical (unpaired) electrons. The third kappa shape index (κ3) is 3.06. The maximum absolute atomic E-state index is 11.6. The Kier molecular flexibility index (Phi) is 4.06. The van der Waals surface area contributed by atoms with E-state index in [9.17, 15) is 9.90 Å². The first-order valence-corrected chi connectivity index (χ1v) is 7.28. The summed E-state index contributed by atoms with van der Waals surface area (Å²) >= 11 is 0. The van der Waals surface area contributed by atoms with Gasteiger partial charge in [0.1, 0.15) is 11.3 Å². The number of carboxylic acids is 1. The lowest BCUT2D eigenvalue weighted by atomic mass is 10.1. The van der Waals surface area contributed by atoms with E-state index in [0.29, 0.717) is 11.4 Å². The lowest BCUT2D eigenvalue weighted by molar-refractivity contribution is 0.0696. The van der Waals surface area contributed by atoms with E-state index in [1.165, 1.54) is 0 Å². The molecule has 114 valence electrons. The number of nitrogens with zero attached hydrogens (tertiary/aromatic N) is 2. The molecule has 4 heteroatoms. The Balaban J connectivity index is 2.06. The first kappa shape index (κ1) is 14.8. The summed E-state index contributed by atoms with van der Waals surface area (Å²) in [6.45, 7) is 1.77. The van der Waals surface area contributed by atoms with E-state index in [0.717, 1.165) is 11.3 Å². The third-order valence-corrected chi connectivity index (χ3v) is 3.59. The van der Waals surface area contributed by atoms with Gasteiger partial charge in [-0.3, -0.25) is 0 Å². The molecule has 1 N–H and O–H groups in total. The van der Waals surface area contributed by atoms with Crippen LogP contribution in [0.3, 0.4) is 0 Å². The number of hydrogen-bond donors (Lipinski definition) is 1. The molecule has 0 atom stereocenters. The Morgan fingerprint density at radius 1 is 1.00 bits per heavy atom. The van der Waals surface area contributed by atoms with Gasteiger partial charge in [0.15, 0.2) is 0 Å². The van der Waals surface area contributed by atoms with Crippen molar-refractivity contribution in [2.75, 3.05) is 0 Å². The van der Waals surface area contributed by atoms with Crippen LogP contribution >= 0.6 is 0 Å². The second-order valence-corrected chi connectivity index (χ2v) is 5.14. The zero-order valence-electron chi connectivity index (χ0n) is 12.7. The monoisotopic (exact) mass is 304 g/mol. The van der Waals surface area contributed by atoms with E-state index in [-0.39, 0.29) is 5.56 Å². The summed E-state index contributed by atoms with van der Waals surface area (Å²) in [6.07, 6.45) is 3.61. The Labute approximate surface area is 134 Å². The SMILES string of the molecule is Cc1c(C(=O)O)c(/C=C/c2ccccc2)nn1-c1ccccc1. The van der Waals surface area contributed by atoms with Crippen molar-refractivity contribution in [2.45, 2.75) is 6.92 Å². The Bertz CT molecular complexity index is 850. The maximum Gasteiger partial charge on any atom is 0.339 e. The minimum atomic E-state index is -0.975. The van der Waals surface area contributed by atoms with Crippen molar-refractivity contribution in [3.63, 3.8) is 0 Å². The molecule has 2 aromatic carbocycles. The molecule has 0 aliphatic rings. The molecule has 0 bridgehead atoms. The average molecular weight is 304 g/mol. The first-order chi connectivity index (χ1) is 11.2. The van der Waals surface area contributed by atoms with Crippen molar-refractivity contribution >= 4 is 18.1 Å². The second kappa shape index (κ2) is 6.32. The number of hydrogen-bond acceptors (Lipinski definition) is 2. The van der Waals surface area contributed by atoms with Gasteiger partial charge < -0.3 is 5.11 Å².